The first kappa shape index (κ1) is 14.5. The highest BCUT2D eigenvalue weighted by molar-refractivity contribution is 8.00. The van der Waals surface area contributed by atoms with E-state index in [0.29, 0.717) is 11.7 Å². The lowest BCUT2D eigenvalue weighted by Crippen LogP contribution is -2.31. The minimum atomic E-state index is -0.279. The van der Waals surface area contributed by atoms with Gasteiger partial charge in [0.1, 0.15) is 5.82 Å². The number of rotatable bonds is 6. The van der Waals surface area contributed by atoms with Gasteiger partial charge in [-0.2, -0.15) is 0 Å². The van der Waals surface area contributed by atoms with Crippen LogP contribution in [-0.4, -0.2) is 32.5 Å². The summed E-state index contributed by atoms with van der Waals surface area (Å²) in [6.07, 6.45) is 5.08. The summed E-state index contributed by atoms with van der Waals surface area (Å²) in [6, 6.07) is 0. The molecule has 6 nitrogen and oxygen atoms in total. The zero-order chi connectivity index (χ0) is 13.5. The maximum atomic E-state index is 11.7. The highest BCUT2D eigenvalue weighted by Gasteiger charge is 2.18. The summed E-state index contributed by atoms with van der Waals surface area (Å²) in [5.41, 5.74) is 5.56. The molecular formula is C11H17N5OS. The standard InChI is InChI=1S/C11H17N5OS/c1-4-6-13-10(17)8(3)18-11-15-14-9(7-12)16(11)5-2/h1,8H,5-7,12H2,2-3H3,(H,13,17). The molecule has 98 valence electrons. The molecule has 1 heterocycles. The van der Waals surface area contributed by atoms with E-state index in [1.807, 2.05) is 11.5 Å². The molecule has 0 saturated heterocycles. The van der Waals surface area contributed by atoms with Crippen molar-refractivity contribution in [2.45, 2.75) is 37.3 Å². The van der Waals surface area contributed by atoms with E-state index in [0.717, 1.165) is 12.4 Å². The third-order valence-corrected chi connectivity index (χ3v) is 3.39. The number of hydrogen-bond donors (Lipinski definition) is 2. The second kappa shape index (κ2) is 7.03. The highest BCUT2D eigenvalue weighted by atomic mass is 32.2. The Bertz CT molecular complexity index is 451. The van der Waals surface area contributed by atoms with E-state index in [4.69, 9.17) is 12.2 Å². The van der Waals surface area contributed by atoms with Crippen molar-refractivity contribution in [1.29, 1.82) is 0 Å². The molecule has 1 amide bonds. The van der Waals surface area contributed by atoms with Crippen LogP contribution in [0.4, 0.5) is 0 Å². The van der Waals surface area contributed by atoms with Gasteiger partial charge in [-0.1, -0.05) is 17.7 Å². The quantitative estimate of drug-likeness (QED) is 0.559. The van der Waals surface area contributed by atoms with Crippen molar-refractivity contribution >= 4 is 17.7 Å². The van der Waals surface area contributed by atoms with Crippen molar-refractivity contribution in [2.75, 3.05) is 6.54 Å². The molecule has 3 N–H and O–H groups in total. The predicted molar refractivity (Wildman–Crippen MR) is 70.7 cm³/mol. The van der Waals surface area contributed by atoms with Crippen molar-refractivity contribution < 1.29 is 4.79 Å². The van der Waals surface area contributed by atoms with Crippen LogP contribution in [0.3, 0.4) is 0 Å². The Labute approximate surface area is 111 Å². The number of amides is 1. The Morgan fingerprint density at radius 3 is 2.94 bits per heavy atom. The molecule has 1 aromatic rings. The molecular weight excluding hydrogens is 250 g/mol. The summed E-state index contributed by atoms with van der Waals surface area (Å²) in [5.74, 6) is 2.97. The molecule has 0 fully saturated rings. The molecule has 0 aromatic carbocycles. The average Bonchev–Trinajstić information content (AvgIpc) is 2.77. The normalized spacial score (nSPS) is 11.9. The number of carbonyl (C=O) groups excluding carboxylic acids is 1. The van der Waals surface area contributed by atoms with Crippen molar-refractivity contribution in [3.8, 4) is 12.3 Å². The van der Waals surface area contributed by atoms with Gasteiger partial charge in [0, 0.05) is 6.54 Å². The van der Waals surface area contributed by atoms with Gasteiger partial charge in [0.05, 0.1) is 18.3 Å². The van der Waals surface area contributed by atoms with E-state index in [9.17, 15) is 4.79 Å². The van der Waals surface area contributed by atoms with Gasteiger partial charge in [-0.25, -0.2) is 0 Å². The summed E-state index contributed by atoms with van der Waals surface area (Å²) in [7, 11) is 0. The molecule has 1 unspecified atom stereocenters. The number of hydrogen-bond acceptors (Lipinski definition) is 5. The van der Waals surface area contributed by atoms with E-state index in [1.165, 1.54) is 11.8 Å². The first-order chi connectivity index (χ1) is 8.63. The molecule has 0 radical (unpaired) electrons. The molecule has 1 atom stereocenters. The van der Waals surface area contributed by atoms with Crippen LogP contribution in [0.2, 0.25) is 0 Å². The van der Waals surface area contributed by atoms with Crippen LogP contribution < -0.4 is 11.1 Å². The Hall–Kier alpha value is -1.52. The minimum Gasteiger partial charge on any atom is -0.344 e. The Kier molecular flexibility index (Phi) is 5.68. The number of carbonyl (C=O) groups is 1. The fourth-order valence-corrected chi connectivity index (χ4v) is 2.32. The molecule has 1 aromatic heterocycles. The third kappa shape index (κ3) is 3.48. The highest BCUT2D eigenvalue weighted by Crippen LogP contribution is 2.22. The summed E-state index contributed by atoms with van der Waals surface area (Å²) in [5, 5.41) is 11.1. The zero-order valence-corrected chi connectivity index (χ0v) is 11.3. The number of thioether (sulfide) groups is 1. The predicted octanol–water partition coefficient (Wildman–Crippen LogP) is -0.0133. The first-order valence-electron chi connectivity index (χ1n) is 5.64. The molecule has 0 bridgehead atoms. The summed E-state index contributed by atoms with van der Waals surface area (Å²) >= 11 is 1.34. The van der Waals surface area contributed by atoms with Crippen molar-refractivity contribution in [3.63, 3.8) is 0 Å². The lowest BCUT2D eigenvalue weighted by Gasteiger charge is -2.11. The molecule has 1 rings (SSSR count). The largest absolute Gasteiger partial charge is 0.344 e. The van der Waals surface area contributed by atoms with Crippen LogP contribution in [0.5, 0.6) is 0 Å². The maximum Gasteiger partial charge on any atom is 0.234 e. The van der Waals surface area contributed by atoms with Crippen LogP contribution in [-0.2, 0) is 17.9 Å². The second-order valence-electron chi connectivity index (χ2n) is 3.53. The van der Waals surface area contributed by atoms with E-state index in [-0.39, 0.29) is 17.7 Å². The van der Waals surface area contributed by atoms with Crippen LogP contribution in [0, 0.1) is 12.3 Å². The number of terminal acetylenes is 1. The van der Waals surface area contributed by atoms with Gasteiger partial charge in [-0.05, 0) is 13.8 Å². The Morgan fingerprint density at radius 1 is 1.67 bits per heavy atom. The van der Waals surface area contributed by atoms with Crippen LogP contribution >= 0.6 is 11.8 Å². The van der Waals surface area contributed by atoms with Crippen molar-refractivity contribution in [2.24, 2.45) is 5.73 Å². The number of nitrogens with zero attached hydrogens (tertiary/aromatic N) is 3. The molecule has 0 saturated carbocycles. The summed E-state index contributed by atoms with van der Waals surface area (Å²) < 4.78 is 1.90. The SMILES string of the molecule is C#CCNC(=O)C(C)Sc1nnc(CN)n1CC. The fourth-order valence-electron chi connectivity index (χ4n) is 1.37. The number of nitrogens with two attached hydrogens (primary N) is 1. The zero-order valence-electron chi connectivity index (χ0n) is 10.5. The molecule has 0 aliphatic carbocycles. The maximum absolute atomic E-state index is 11.7. The van der Waals surface area contributed by atoms with E-state index in [2.05, 4.69) is 21.4 Å². The minimum absolute atomic E-state index is 0.113. The fraction of sp³-hybridized carbons (Fsp3) is 0.545. The van der Waals surface area contributed by atoms with Crippen LogP contribution in [0.1, 0.15) is 19.7 Å². The van der Waals surface area contributed by atoms with Gasteiger partial charge < -0.3 is 15.6 Å². The topological polar surface area (TPSA) is 85.8 Å². The van der Waals surface area contributed by atoms with Crippen LogP contribution in [0.25, 0.3) is 0 Å². The van der Waals surface area contributed by atoms with Gasteiger partial charge in [0.2, 0.25) is 5.91 Å². The van der Waals surface area contributed by atoms with Gasteiger partial charge in [0.15, 0.2) is 5.16 Å². The average molecular weight is 267 g/mol. The first-order valence-corrected chi connectivity index (χ1v) is 6.51. The Morgan fingerprint density at radius 2 is 2.39 bits per heavy atom. The summed E-state index contributed by atoms with van der Waals surface area (Å²) in [6.45, 7) is 5.07. The van der Waals surface area contributed by atoms with Gasteiger partial charge in [-0.15, -0.1) is 16.6 Å². The van der Waals surface area contributed by atoms with Crippen molar-refractivity contribution in [1.82, 2.24) is 20.1 Å². The molecule has 0 aliphatic rings. The second-order valence-corrected chi connectivity index (χ2v) is 4.84. The lowest BCUT2D eigenvalue weighted by atomic mass is 10.4. The molecule has 0 spiro atoms. The Balaban J connectivity index is 2.70. The van der Waals surface area contributed by atoms with Gasteiger partial charge in [0.25, 0.3) is 0 Å². The monoisotopic (exact) mass is 267 g/mol. The van der Waals surface area contributed by atoms with Gasteiger partial charge >= 0.3 is 0 Å². The van der Waals surface area contributed by atoms with Crippen LogP contribution in [0.15, 0.2) is 5.16 Å². The van der Waals surface area contributed by atoms with E-state index >= 15 is 0 Å². The smallest absolute Gasteiger partial charge is 0.234 e. The lowest BCUT2D eigenvalue weighted by molar-refractivity contribution is -0.120. The van der Waals surface area contributed by atoms with E-state index in [1.54, 1.807) is 6.92 Å². The number of nitrogens with one attached hydrogen (secondary N) is 1. The molecule has 18 heavy (non-hydrogen) atoms. The molecule has 0 aliphatic heterocycles. The summed E-state index contributed by atoms with van der Waals surface area (Å²) in [4.78, 5) is 11.7. The third-order valence-electron chi connectivity index (χ3n) is 2.31. The van der Waals surface area contributed by atoms with Crippen molar-refractivity contribution in [3.05, 3.63) is 5.82 Å². The molecule has 7 heteroatoms. The number of aromatic nitrogens is 3. The van der Waals surface area contributed by atoms with Gasteiger partial charge in [-0.3, -0.25) is 4.79 Å². The van der Waals surface area contributed by atoms with E-state index < -0.39 is 0 Å².